The van der Waals surface area contributed by atoms with Gasteiger partial charge in [0.05, 0.1) is 13.2 Å². The molecule has 2 amide bonds. The molecule has 6 nitrogen and oxygen atoms in total. The van der Waals surface area contributed by atoms with Crippen LogP contribution in [0.5, 0.6) is 0 Å². The van der Waals surface area contributed by atoms with Gasteiger partial charge in [0.1, 0.15) is 0 Å². The monoisotopic (exact) mass is 186 g/mol. The van der Waals surface area contributed by atoms with Crippen molar-refractivity contribution in [2.75, 3.05) is 7.11 Å². The first-order valence-electron chi connectivity index (χ1n) is 3.75. The van der Waals surface area contributed by atoms with Crippen LogP contribution in [0, 0.1) is 0 Å². The lowest BCUT2D eigenvalue weighted by atomic mass is 10.1. The first-order chi connectivity index (χ1) is 6.06. The molecule has 0 aromatic heterocycles. The molecule has 0 saturated carbocycles. The first kappa shape index (κ1) is 9.66. The van der Waals surface area contributed by atoms with Gasteiger partial charge in [0, 0.05) is 0 Å². The summed E-state index contributed by atoms with van der Waals surface area (Å²) in [6.45, 7) is 1.55. The summed E-state index contributed by atoms with van der Waals surface area (Å²) < 4.78 is 4.37. The van der Waals surface area contributed by atoms with Crippen molar-refractivity contribution in [2.24, 2.45) is 0 Å². The SMILES string of the molecule is COC(=O)C1NC(C)C(=O)NC1=O. The van der Waals surface area contributed by atoms with E-state index < -0.39 is 29.9 Å². The maximum Gasteiger partial charge on any atom is 0.332 e. The summed E-state index contributed by atoms with van der Waals surface area (Å²) in [6, 6.07) is -1.65. The highest BCUT2D eigenvalue weighted by Crippen LogP contribution is 1.98. The Morgan fingerprint density at radius 3 is 2.54 bits per heavy atom. The number of ether oxygens (including phenoxy) is 1. The van der Waals surface area contributed by atoms with Crippen molar-refractivity contribution in [1.82, 2.24) is 10.6 Å². The Hall–Kier alpha value is -1.43. The molecule has 1 saturated heterocycles. The summed E-state index contributed by atoms with van der Waals surface area (Å²) in [7, 11) is 1.18. The smallest absolute Gasteiger partial charge is 0.332 e. The molecule has 1 aliphatic heterocycles. The molecular formula is C7H10N2O4. The van der Waals surface area contributed by atoms with Gasteiger partial charge in [-0.25, -0.2) is 4.79 Å². The molecule has 13 heavy (non-hydrogen) atoms. The summed E-state index contributed by atoms with van der Waals surface area (Å²) in [5, 5.41) is 4.58. The van der Waals surface area contributed by atoms with Gasteiger partial charge in [0.15, 0.2) is 6.04 Å². The molecule has 1 aliphatic rings. The summed E-state index contributed by atoms with van der Waals surface area (Å²) in [5.41, 5.74) is 0. The molecule has 0 aromatic rings. The number of hydrogen-bond acceptors (Lipinski definition) is 5. The Morgan fingerprint density at radius 2 is 2.00 bits per heavy atom. The Kier molecular flexibility index (Phi) is 2.62. The average molecular weight is 186 g/mol. The van der Waals surface area contributed by atoms with Crippen LogP contribution in [0.4, 0.5) is 0 Å². The van der Waals surface area contributed by atoms with Crippen LogP contribution in [-0.4, -0.2) is 37.0 Å². The zero-order valence-electron chi connectivity index (χ0n) is 7.29. The molecule has 0 radical (unpaired) electrons. The van der Waals surface area contributed by atoms with Gasteiger partial charge in [-0.05, 0) is 6.92 Å². The largest absolute Gasteiger partial charge is 0.467 e. The molecule has 1 rings (SSSR count). The molecule has 0 aliphatic carbocycles. The minimum Gasteiger partial charge on any atom is -0.467 e. The van der Waals surface area contributed by atoms with Crippen molar-refractivity contribution < 1.29 is 19.1 Å². The van der Waals surface area contributed by atoms with Crippen molar-refractivity contribution in [3.63, 3.8) is 0 Å². The average Bonchev–Trinajstić information content (AvgIpc) is 2.10. The minimum absolute atomic E-state index is 0.440. The highest BCUT2D eigenvalue weighted by atomic mass is 16.5. The number of nitrogens with one attached hydrogen (secondary N) is 2. The van der Waals surface area contributed by atoms with Gasteiger partial charge in [-0.2, -0.15) is 0 Å². The second-order valence-electron chi connectivity index (χ2n) is 2.70. The minimum atomic E-state index is -1.09. The van der Waals surface area contributed by atoms with Crippen LogP contribution >= 0.6 is 0 Å². The van der Waals surface area contributed by atoms with E-state index in [0.717, 1.165) is 0 Å². The highest BCUT2D eigenvalue weighted by molar-refractivity contribution is 6.11. The number of carbonyl (C=O) groups is 3. The standard InChI is InChI=1S/C7H10N2O4/c1-3-5(10)9-6(11)4(8-3)7(12)13-2/h3-4,8H,1-2H3,(H,9,10,11). The van der Waals surface area contributed by atoms with Crippen molar-refractivity contribution in [3.8, 4) is 0 Å². The molecule has 6 heteroatoms. The fourth-order valence-electron chi connectivity index (χ4n) is 0.996. The first-order valence-corrected chi connectivity index (χ1v) is 3.75. The van der Waals surface area contributed by atoms with E-state index >= 15 is 0 Å². The zero-order valence-corrected chi connectivity index (χ0v) is 7.29. The van der Waals surface area contributed by atoms with Gasteiger partial charge in [-0.15, -0.1) is 0 Å². The Labute approximate surface area is 74.6 Å². The zero-order chi connectivity index (χ0) is 10.0. The van der Waals surface area contributed by atoms with E-state index in [1.807, 2.05) is 0 Å². The van der Waals surface area contributed by atoms with E-state index in [0.29, 0.717) is 0 Å². The van der Waals surface area contributed by atoms with Gasteiger partial charge >= 0.3 is 5.97 Å². The Balaban J connectivity index is 2.72. The third-order valence-corrected chi connectivity index (χ3v) is 1.76. The van der Waals surface area contributed by atoms with E-state index in [2.05, 4.69) is 15.4 Å². The number of hydrogen-bond donors (Lipinski definition) is 2. The van der Waals surface area contributed by atoms with Crippen molar-refractivity contribution >= 4 is 17.8 Å². The fourth-order valence-corrected chi connectivity index (χ4v) is 0.996. The van der Waals surface area contributed by atoms with Crippen molar-refractivity contribution in [1.29, 1.82) is 0 Å². The van der Waals surface area contributed by atoms with E-state index in [4.69, 9.17) is 0 Å². The summed E-state index contributed by atoms with van der Waals surface area (Å²) in [5.74, 6) is -1.81. The molecule has 1 fully saturated rings. The number of piperazine rings is 1. The molecule has 0 spiro atoms. The summed E-state index contributed by atoms with van der Waals surface area (Å²) >= 11 is 0. The van der Waals surface area contributed by atoms with E-state index in [9.17, 15) is 14.4 Å². The number of carbonyl (C=O) groups excluding carboxylic acids is 3. The topological polar surface area (TPSA) is 84.5 Å². The quantitative estimate of drug-likeness (QED) is 0.285. The van der Waals surface area contributed by atoms with Crippen LogP contribution in [0.25, 0.3) is 0 Å². The van der Waals surface area contributed by atoms with Crippen molar-refractivity contribution in [2.45, 2.75) is 19.0 Å². The molecule has 72 valence electrons. The maximum atomic E-state index is 11.1. The van der Waals surface area contributed by atoms with Crippen molar-refractivity contribution in [3.05, 3.63) is 0 Å². The van der Waals surface area contributed by atoms with Gasteiger partial charge in [0.25, 0.3) is 5.91 Å². The predicted molar refractivity (Wildman–Crippen MR) is 41.6 cm³/mol. The van der Waals surface area contributed by atoms with Gasteiger partial charge in [0.2, 0.25) is 5.91 Å². The normalized spacial score (nSPS) is 28.2. The molecule has 2 unspecified atom stereocenters. The third kappa shape index (κ3) is 1.83. The lowest BCUT2D eigenvalue weighted by Gasteiger charge is -2.25. The van der Waals surface area contributed by atoms with Gasteiger partial charge in [-0.3, -0.25) is 20.2 Å². The summed E-state index contributed by atoms with van der Waals surface area (Å²) in [6.07, 6.45) is 0. The van der Waals surface area contributed by atoms with Gasteiger partial charge < -0.3 is 4.74 Å². The lowest BCUT2D eigenvalue weighted by molar-refractivity contribution is -0.150. The molecule has 2 N–H and O–H groups in total. The molecule has 1 heterocycles. The van der Waals surface area contributed by atoms with E-state index in [-0.39, 0.29) is 0 Å². The Morgan fingerprint density at radius 1 is 1.38 bits per heavy atom. The fraction of sp³-hybridized carbons (Fsp3) is 0.571. The third-order valence-electron chi connectivity index (χ3n) is 1.76. The lowest BCUT2D eigenvalue weighted by Crippen LogP contribution is -2.63. The van der Waals surface area contributed by atoms with Crippen LogP contribution < -0.4 is 10.6 Å². The Bertz CT molecular complexity index is 263. The van der Waals surface area contributed by atoms with Crippen LogP contribution in [0.15, 0.2) is 0 Å². The number of methoxy groups -OCH3 is 1. The van der Waals surface area contributed by atoms with Crippen LogP contribution in [0.1, 0.15) is 6.92 Å². The molecule has 0 bridgehead atoms. The number of amides is 2. The van der Waals surface area contributed by atoms with Gasteiger partial charge in [-0.1, -0.05) is 0 Å². The van der Waals surface area contributed by atoms with Crippen LogP contribution in [-0.2, 0) is 19.1 Å². The molecular weight excluding hydrogens is 176 g/mol. The molecule has 2 atom stereocenters. The number of rotatable bonds is 1. The second-order valence-corrected chi connectivity index (χ2v) is 2.70. The summed E-state index contributed by atoms with van der Waals surface area (Å²) in [4.78, 5) is 32.9. The van der Waals surface area contributed by atoms with Crippen LogP contribution in [0.3, 0.4) is 0 Å². The predicted octanol–water partition coefficient (Wildman–Crippen LogP) is -1.84. The van der Waals surface area contributed by atoms with Crippen LogP contribution in [0.2, 0.25) is 0 Å². The molecule has 0 aromatic carbocycles. The van der Waals surface area contributed by atoms with E-state index in [1.54, 1.807) is 6.92 Å². The number of esters is 1. The van der Waals surface area contributed by atoms with E-state index in [1.165, 1.54) is 7.11 Å². The second kappa shape index (κ2) is 3.53. The highest BCUT2D eigenvalue weighted by Gasteiger charge is 2.36. The maximum absolute atomic E-state index is 11.1. The number of imide groups is 1.